The molecule has 2 aromatic rings. The average Bonchev–Trinajstić information content (AvgIpc) is 3.27. The SMILES string of the molecule is CCN(CC)C(=O)[C@@H]1C=C2c3cccc4[nH]cc(c34)C[C@H]2N(C)C1.O=C(O)CCCCCCC(=O)O. The number of carbonyl (C=O) groups excluding carboxylic acids is 1. The number of nitrogens with one attached hydrogen (secondary N) is 1. The van der Waals surface area contributed by atoms with Crippen LogP contribution in [0.5, 0.6) is 0 Å². The molecule has 2 heterocycles. The number of rotatable bonds is 10. The van der Waals surface area contributed by atoms with E-state index in [0.29, 0.717) is 18.9 Å². The number of amides is 1. The number of likely N-dealkylation sites (N-methyl/N-ethyl adjacent to an activating group) is 1. The number of hydrogen-bond acceptors (Lipinski definition) is 4. The van der Waals surface area contributed by atoms with Crippen LogP contribution < -0.4 is 0 Å². The smallest absolute Gasteiger partial charge is 0.303 e. The predicted octanol–water partition coefficient (Wildman–Crippen LogP) is 4.40. The largest absolute Gasteiger partial charge is 0.481 e. The highest BCUT2D eigenvalue weighted by Gasteiger charge is 2.36. The lowest BCUT2D eigenvalue weighted by atomic mass is 9.79. The highest BCUT2D eigenvalue weighted by Crippen LogP contribution is 2.40. The molecule has 0 spiro atoms. The van der Waals surface area contributed by atoms with Crippen molar-refractivity contribution in [3.05, 3.63) is 41.6 Å². The van der Waals surface area contributed by atoms with E-state index in [-0.39, 0.29) is 24.7 Å². The van der Waals surface area contributed by atoms with Gasteiger partial charge in [0.1, 0.15) is 0 Å². The summed E-state index contributed by atoms with van der Waals surface area (Å²) in [6.07, 6.45) is 8.69. The molecule has 1 amide bonds. The zero-order chi connectivity index (χ0) is 26.2. The van der Waals surface area contributed by atoms with Gasteiger partial charge in [0.15, 0.2) is 0 Å². The van der Waals surface area contributed by atoms with Gasteiger partial charge in [-0.05, 0) is 62.9 Å². The lowest BCUT2D eigenvalue weighted by Crippen LogP contribution is -2.47. The van der Waals surface area contributed by atoms with Crippen LogP contribution in [0.3, 0.4) is 0 Å². The van der Waals surface area contributed by atoms with Gasteiger partial charge in [-0.1, -0.05) is 31.1 Å². The average molecular weight is 498 g/mol. The number of unbranched alkanes of at least 4 members (excludes halogenated alkanes) is 3. The van der Waals surface area contributed by atoms with Gasteiger partial charge in [-0.3, -0.25) is 19.3 Å². The first-order valence-corrected chi connectivity index (χ1v) is 13.0. The van der Waals surface area contributed by atoms with E-state index in [0.717, 1.165) is 38.9 Å². The van der Waals surface area contributed by atoms with E-state index in [1.807, 2.05) is 4.90 Å². The molecule has 2 atom stereocenters. The number of aromatic nitrogens is 1. The molecular weight excluding hydrogens is 458 g/mol. The van der Waals surface area contributed by atoms with Crippen molar-refractivity contribution in [2.45, 2.75) is 64.8 Å². The van der Waals surface area contributed by atoms with Crippen molar-refractivity contribution in [1.29, 1.82) is 0 Å². The molecule has 196 valence electrons. The molecule has 3 N–H and O–H groups in total. The minimum absolute atomic E-state index is 0.0445. The summed E-state index contributed by atoms with van der Waals surface area (Å²) in [5.74, 6) is -1.36. The number of carboxylic acids is 2. The van der Waals surface area contributed by atoms with Crippen LogP contribution in [0.1, 0.15) is 63.5 Å². The summed E-state index contributed by atoms with van der Waals surface area (Å²) in [6, 6.07) is 6.82. The maximum absolute atomic E-state index is 12.9. The van der Waals surface area contributed by atoms with Crippen LogP contribution in [0, 0.1) is 5.92 Å². The Hall–Kier alpha value is -3.13. The number of nitrogens with zero attached hydrogens (tertiary/aromatic N) is 2. The van der Waals surface area contributed by atoms with Crippen LogP contribution in [0.15, 0.2) is 30.5 Å². The zero-order valence-electron chi connectivity index (χ0n) is 21.6. The van der Waals surface area contributed by atoms with Gasteiger partial charge in [0.25, 0.3) is 0 Å². The predicted molar refractivity (Wildman–Crippen MR) is 141 cm³/mol. The summed E-state index contributed by atoms with van der Waals surface area (Å²) in [5, 5.41) is 17.9. The van der Waals surface area contributed by atoms with E-state index in [4.69, 9.17) is 10.2 Å². The van der Waals surface area contributed by atoms with Crippen molar-refractivity contribution < 1.29 is 24.6 Å². The Morgan fingerprint density at radius 2 is 1.67 bits per heavy atom. The number of aliphatic carboxylic acids is 2. The number of aromatic amines is 1. The molecule has 4 rings (SSSR count). The van der Waals surface area contributed by atoms with Gasteiger partial charge in [0.05, 0.1) is 5.92 Å². The van der Waals surface area contributed by atoms with Crippen LogP contribution in [-0.4, -0.2) is 75.6 Å². The number of benzene rings is 1. The van der Waals surface area contributed by atoms with Crippen molar-refractivity contribution in [3.8, 4) is 0 Å². The summed E-state index contributed by atoms with van der Waals surface area (Å²) in [7, 11) is 2.15. The second-order valence-electron chi connectivity index (χ2n) is 9.64. The maximum atomic E-state index is 12.9. The molecular formula is C28H39N3O5. The normalized spacial score (nSPS) is 18.6. The van der Waals surface area contributed by atoms with Crippen molar-refractivity contribution in [2.75, 3.05) is 26.7 Å². The van der Waals surface area contributed by atoms with Crippen molar-refractivity contribution in [3.63, 3.8) is 0 Å². The Bertz CT molecular complexity index is 1080. The summed E-state index contributed by atoms with van der Waals surface area (Å²) in [5.41, 5.74) is 5.21. The molecule has 0 unspecified atom stereocenters. The molecule has 0 saturated heterocycles. The van der Waals surface area contributed by atoms with E-state index in [2.05, 4.69) is 61.3 Å². The van der Waals surface area contributed by atoms with Crippen LogP contribution in [0.25, 0.3) is 16.5 Å². The second-order valence-corrected chi connectivity index (χ2v) is 9.64. The van der Waals surface area contributed by atoms with Crippen LogP contribution in [0.4, 0.5) is 0 Å². The van der Waals surface area contributed by atoms with Gasteiger partial charge in [-0.2, -0.15) is 0 Å². The molecule has 1 aliphatic carbocycles. The van der Waals surface area contributed by atoms with E-state index < -0.39 is 11.9 Å². The van der Waals surface area contributed by atoms with E-state index in [1.165, 1.54) is 27.6 Å². The molecule has 2 aliphatic rings. The van der Waals surface area contributed by atoms with Gasteiger partial charge >= 0.3 is 11.9 Å². The van der Waals surface area contributed by atoms with Crippen LogP contribution in [0.2, 0.25) is 0 Å². The number of hydrogen-bond donors (Lipinski definition) is 3. The summed E-state index contributed by atoms with van der Waals surface area (Å²) >= 11 is 0. The molecule has 8 nitrogen and oxygen atoms in total. The molecule has 0 saturated carbocycles. The lowest BCUT2D eigenvalue weighted by molar-refractivity contribution is -0.138. The number of carboxylic acid groups (broad SMARTS) is 2. The van der Waals surface area contributed by atoms with E-state index in [9.17, 15) is 14.4 Å². The van der Waals surface area contributed by atoms with Crippen molar-refractivity contribution in [1.82, 2.24) is 14.8 Å². The molecule has 1 aliphatic heterocycles. The maximum Gasteiger partial charge on any atom is 0.303 e. The Balaban J connectivity index is 0.000000257. The van der Waals surface area contributed by atoms with Crippen LogP contribution in [-0.2, 0) is 20.8 Å². The molecule has 36 heavy (non-hydrogen) atoms. The fraction of sp³-hybridized carbons (Fsp3) is 0.536. The highest BCUT2D eigenvalue weighted by molar-refractivity contribution is 5.99. The minimum atomic E-state index is -0.784. The van der Waals surface area contributed by atoms with Gasteiger partial charge in [-0.15, -0.1) is 0 Å². The molecule has 8 heteroatoms. The lowest BCUT2D eigenvalue weighted by Gasteiger charge is -2.40. The van der Waals surface area contributed by atoms with Crippen LogP contribution >= 0.6 is 0 Å². The molecule has 0 radical (unpaired) electrons. The number of carbonyl (C=O) groups is 3. The topological polar surface area (TPSA) is 114 Å². The van der Waals surface area contributed by atoms with Gasteiger partial charge in [0.2, 0.25) is 5.91 Å². The summed E-state index contributed by atoms with van der Waals surface area (Å²) < 4.78 is 0. The highest BCUT2D eigenvalue weighted by atomic mass is 16.4. The van der Waals surface area contributed by atoms with E-state index in [1.54, 1.807) is 0 Å². The number of fused-ring (bicyclic) bond motifs is 2. The van der Waals surface area contributed by atoms with E-state index >= 15 is 0 Å². The summed E-state index contributed by atoms with van der Waals surface area (Å²) in [4.78, 5) is 40.7. The summed E-state index contributed by atoms with van der Waals surface area (Å²) in [6.45, 7) is 6.47. The zero-order valence-corrected chi connectivity index (χ0v) is 21.6. The second kappa shape index (κ2) is 12.7. The monoisotopic (exact) mass is 497 g/mol. The van der Waals surface area contributed by atoms with Gasteiger partial charge in [0, 0.05) is 55.6 Å². The van der Waals surface area contributed by atoms with Gasteiger partial charge in [-0.25, -0.2) is 0 Å². The quantitative estimate of drug-likeness (QED) is 0.419. The molecule has 1 aromatic heterocycles. The Morgan fingerprint density at radius 1 is 1.03 bits per heavy atom. The Morgan fingerprint density at radius 3 is 2.25 bits per heavy atom. The van der Waals surface area contributed by atoms with Crippen molar-refractivity contribution >= 4 is 34.3 Å². The van der Waals surface area contributed by atoms with Crippen molar-refractivity contribution in [2.24, 2.45) is 5.92 Å². The fourth-order valence-corrected chi connectivity index (χ4v) is 5.28. The third-order valence-electron chi connectivity index (χ3n) is 7.19. The minimum Gasteiger partial charge on any atom is -0.481 e. The standard InChI is InChI=1S/C20H25N3O.C8H14O4/c1-4-23(5-2)20(24)14-9-16-15-7-6-8-17-19(15)13(11-21-17)10-18(16)22(3)12-14;9-7(10)5-3-1-2-4-6-8(11)12/h6-9,11,14,18,21H,4-5,10,12H2,1-3H3;1-6H2,(H,9,10)(H,11,12)/t14-,18-;/m1./s1. The molecule has 1 aromatic carbocycles. The first kappa shape index (κ1) is 27.5. The molecule has 0 fully saturated rings. The third-order valence-corrected chi connectivity index (χ3v) is 7.19. The first-order valence-electron chi connectivity index (χ1n) is 13.0. The van der Waals surface area contributed by atoms with Gasteiger partial charge < -0.3 is 20.1 Å². The first-order chi connectivity index (χ1) is 17.3. The number of H-pyrrole nitrogens is 1. The fourth-order valence-electron chi connectivity index (χ4n) is 5.28. The molecule has 0 bridgehead atoms. The third kappa shape index (κ3) is 6.55. The Labute approximate surface area is 213 Å². The Kier molecular flexibility index (Phi) is 9.70.